The predicted octanol–water partition coefficient (Wildman–Crippen LogP) is 2.02. The molecular weight excluding hydrogens is 392 g/mol. The van der Waals surface area contributed by atoms with Crippen LogP contribution in [0.25, 0.3) is 0 Å². The fourth-order valence-corrected chi connectivity index (χ4v) is 4.23. The molecule has 2 aromatic carbocycles. The Morgan fingerprint density at radius 2 is 1.81 bits per heavy atom. The molecule has 0 atom stereocenters. The topological polar surface area (TPSA) is 84.0 Å². The van der Waals surface area contributed by atoms with E-state index in [1.165, 1.54) is 30.1 Å². The number of carbonyl (C=O) groups excluding carboxylic acids is 2. The molecule has 7 nitrogen and oxygen atoms in total. The van der Waals surface area contributed by atoms with Gasteiger partial charge in [0.1, 0.15) is 23.8 Å². The van der Waals surface area contributed by atoms with Crippen molar-refractivity contribution in [3.8, 4) is 5.75 Å². The predicted molar refractivity (Wildman–Crippen MR) is 99.2 cm³/mol. The van der Waals surface area contributed by atoms with Gasteiger partial charge in [-0.05, 0) is 36.4 Å². The first-order chi connectivity index (χ1) is 12.8. The van der Waals surface area contributed by atoms with E-state index in [-0.39, 0.29) is 23.6 Å². The van der Waals surface area contributed by atoms with Crippen LogP contribution in [0.3, 0.4) is 0 Å². The highest BCUT2D eigenvalue weighted by Gasteiger charge is 2.42. The maximum atomic E-state index is 12.5. The number of likely N-dealkylation sites (N-methyl/N-ethyl adjacent to an activating group) is 1. The number of carbonyl (C=O) groups is 2. The summed E-state index contributed by atoms with van der Waals surface area (Å²) in [5.74, 6) is -0.586. The molecule has 0 N–H and O–H groups in total. The SMILES string of the molecule is CN(CCOc1ccc(Cl)cc1)C(=O)CN1C(=O)c2ccccc2S1(=O)=O. The van der Waals surface area contributed by atoms with Gasteiger partial charge in [-0.2, -0.15) is 0 Å². The molecule has 0 saturated heterocycles. The van der Waals surface area contributed by atoms with E-state index < -0.39 is 28.4 Å². The molecule has 1 heterocycles. The van der Waals surface area contributed by atoms with Crippen LogP contribution in [0.15, 0.2) is 53.4 Å². The zero-order valence-corrected chi connectivity index (χ0v) is 16.0. The van der Waals surface area contributed by atoms with Crippen LogP contribution in [0.5, 0.6) is 5.75 Å². The number of sulfonamides is 1. The van der Waals surface area contributed by atoms with Crippen LogP contribution in [0.1, 0.15) is 10.4 Å². The lowest BCUT2D eigenvalue weighted by atomic mass is 10.2. The molecule has 0 unspecified atom stereocenters. The van der Waals surface area contributed by atoms with Crippen LogP contribution in [-0.2, 0) is 14.8 Å². The fourth-order valence-electron chi connectivity index (χ4n) is 2.59. The monoisotopic (exact) mass is 408 g/mol. The first-order valence-corrected chi connectivity index (χ1v) is 9.91. The van der Waals surface area contributed by atoms with Crippen molar-refractivity contribution in [2.24, 2.45) is 0 Å². The summed E-state index contributed by atoms with van der Waals surface area (Å²) < 4.78 is 31.1. The minimum absolute atomic E-state index is 0.0727. The average molecular weight is 409 g/mol. The van der Waals surface area contributed by atoms with Crippen LogP contribution in [0.4, 0.5) is 0 Å². The third kappa shape index (κ3) is 3.91. The van der Waals surface area contributed by atoms with Gasteiger partial charge in [-0.1, -0.05) is 23.7 Å². The summed E-state index contributed by atoms with van der Waals surface area (Å²) in [7, 11) is -2.48. The van der Waals surface area contributed by atoms with Gasteiger partial charge in [0.15, 0.2) is 0 Å². The Kier molecular flexibility index (Phi) is 5.38. The summed E-state index contributed by atoms with van der Waals surface area (Å²) in [6.07, 6.45) is 0. The highest BCUT2D eigenvalue weighted by Crippen LogP contribution is 2.29. The van der Waals surface area contributed by atoms with Crippen LogP contribution in [0.2, 0.25) is 5.02 Å². The molecule has 3 rings (SSSR count). The summed E-state index contributed by atoms with van der Waals surface area (Å²) >= 11 is 5.80. The second kappa shape index (κ2) is 7.58. The first kappa shape index (κ1) is 19.2. The molecule has 0 saturated carbocycles. The summed E-state index contributed by atoms with van der Waals surface area (Å²) in [5, 5.41) is 0.590. The van der Waals surface area contributed by atoms with Crippen LogP contribution >= 0.6 is 11.6 Å². The second-order valence-corrected chi connectivity index (χ2v) is 8.20. The van der Waals surface area contributed by atoms with Gasteiger partial charge < -0.3 is 9.64 Å². The Labute approximate surface area is 162 Å². The molecule has 142 valence electrons. The molecule has 2 amide bonds. The van der Waals surface area contributed by atoms with Gasteiger partial charge in [0.05, 0.1) is 12.1 Å². The van der Waals surface area contributed by atoms with E-state index in [2.05, 4.69) is 0 Å². The van der Waals surface area contributed by atoms with E-state index in [9.17, 15) is 18.0 Å². The molecule has 0 aromatic heterocycles. The normalized spacial score (nSPS) is 14.7. The summed E-state index contributed by atoms with van der Waals surface area (Å²) in [6.45, 7) is -0.103. The Morgan fingerprint density at radius 3 is 2.48 bits per heavy atom. The van der Waals surface area contributed by atoms with Gasteiger partial charge in [0, 0.05) is 12.1 Å². The fraction of sp³-hybridized carbons (Fsp3) is 0.222. The minimum Gasteiger partial charge on any atom is -0.492 e. The quantitative estimate of drug-likeness (QED) is 0.730. The second-order valence-electron chi connectivity index (χ2n) is 5.93. The molecule has 1 aliphatic rings. The van der Waals surface area contributed by atoms with E-state index in [1.807, 2.05) is 0 Å². The van der Waals surface area contributed by atoms with Gasteiger partial charge in [-0.15, -0.1) is 0 Å². The highest BCUT2D eigenvalue weighted by molar-refractivity contribution is 7.90. The van der Waals surface area contributed by atoms with E-state index in [0.29, 0.717) is 15.1 Å². The van der Waals surface area contributed by atoms with Crippen molar-refractivity contribution in [2.45, 2.75) is 4.90 Å². The third-order valence-corrected chi connectivity index (χ3v) is 6.16. The van der Waals surface area contributed by atoms with Gasteiger partial charge in [-0.3, -0.25) is 9.59 Å². The molecule has 0 bridgehead atoms. The maximum Gasteiger partial charge on any atom is 0.269 e. The Morgan fingerprint density at radius 1 is 1.15 bits per heavy atom. The lowest BCUT2D eigenvalue weighted by Gasteiger charge is -2.21. The van der Waals surface area contributed by atoms with E-state index in [1.54, 1.807) is 30.3 Å². The lowest BCUT2D eigenvalue weighted by molar-refractivity contribution is -0.130. The molecule has 0 spiro atoms. The Balaban J connectivity index is 1.58. The van der Waals surface area contributed by atoms with Gasteiger partial charge in [0.25, 0.3) is 15.9 Å². The van der Waals surface area contributed by atoms with E-state index in [4.69, 9.17) is 16.3 Å². The molecule has 0 radical (unpaired) electrons. The zero-order chi connectivity index (χ0) is 19.6. The van der Waals surface area contributed by atoms with Crippen LogP contribution in [0, 0.1) is 0 Å². The number of rotatable bonds is 6. The van der Waals surface area contributed by atoms with Crippen molar-refractivity contribution in [1.82, 2.24) is 9.21 Å². The molecule has 27 heavy (non-hydrogen) atoms. The van der Waals surface area contributed by atoms with Gasteiger partial charge in [-0.25, -0.2) is 12.7 Å². The molecule has 2 aromatic rings. The Bertz CT molecular complexity index is 976. The largest absolute Gasteiger partial charge is 0.492 e. The smallest absolute Gasteiger partial charge is 0.269 e. The maximum absolute atomic E-state index is 12.5. The van der Waals surface area contributed by atoms with Crippen molar-refractivity contribution < 1.29 is 22.7 Å². The molecular formula is C18H17ClN2O5S. The summed E-state index contributed by atoms with van der Waals surface area (Å²) in [5.41, 5.74) is 0.0824. The molecule has 1 aliphatic heterocycles. The minimum atomic E-state index is -4.00. The Hall–Kier alpha value is -2.58. The van der Waals surface area contributed by atoms with E-state index >= 15 is 0 Å². The average Bonchev–Trinajstić information content (AvgIpc) is 2.84. The summed E-state index contributed by atoms with van der Waals surface area (Å²) in [4.78, 5) is 26.0. The number of hydrogen-bond acceptors (Lipinski definition) is 5. The van der Waals surface area contributed by atoms with Crippen molar-refractivity contribution in [3.05, 3.63) is 59.1 Å². The van der Waals surface area contributed by atoms with Gasteiger partial charge in [0.2, 0.25) is 5.91 Å². The zero-order valence-electron chi connectivity index (χ0n) is 14.5. The molecule has 9 heteroatoms. The number of amides is 2. The van der Waals surface area contributed by atoms with Crippen LogP contribution in [-0.4, -0.2) is 56.2 Å². The number of ether oxygens (including phenoxy) is 1. The number of halogens is 1. The van der Waals surface area contributed by atoms with Crippen molar-refractivity contribution >= 4 is 33.4 Å². The molecule has 0 aliphatic carbocycles. The number of nitrogens with zero attached hydrogens (tertiary/aromatic N) is 2. The van der Waals surface area contributed by atoms with Gasteiger partial charge >= 0.3 is 0 Å². The number of hydrogen-bond donors (Lipinski definition) is 0. The standard InChI is InChI=1S/C18H17ClN2O5S/c1-20(10-11-26-14-8-6-13(19)7-9-14)17(22)12-21-18(23)15-4-2-3-5-16(15)27(21,24)25/h2-9H,10-12H2,1H3. The van der Waals surface area contributed by atoms with Crippen molar-refractivity contribution in [3.63, 3.8) is 0 Å². The summed E-state index contributed by atoms with van der Waals surface area (Å²) in [6, 6.07) is 12.7. The number of fused-ring (bicyclic) bond motifs is 1. The lowest BCUT2D eigenvalue weighted by Crippen LogP contribution is -2.42. The first-order valence-electron chi connectivity index (χ1n) is 8.09. The molecule has 0 fully saturated rings. The third-order valence-electron chi connectivity index (χ3n) is 4.13. The van der Waals surface area contributed by atoms with Crippen molar-refractivity contribution in [1.29, 1.82) is 0 Å². The van der Waals surface area contributed by atoms with Crippen molar-refractivity contribution in [2.75, 3.05) is 26.7 Å². The highest BCUT2D eigenvalue weighted by atomic mass is 35.5. The van der Waals surface area contributed by atoms with Crippen LogP contribution < -0.4 is 4.74 Å². The number of benzene rings is 2. The van der Waals surface area contributed by atoms with E-state index in [0.717, 1.165) is 0 Å².